The average molecular weight is 335 g/mol. The Labute approximate surface area is 148 Å². The minimum absolute atomic E-state index is 0.0000541. The number of hydrogen-bond donors (Lipinski definition) is 1. The molecular formula is C22H38O2. The number of Topliss-reactive ketones (excluding diaryl/α,β-unsaturated/α-hetero) is 1. The van der Waals surface area contributed by atoms with E-state index in [1.54, 1.807) is 6.92 Å². The van der Waals surface area contributed by atoms with Gasteiger partial charge in [-0.15, -0.1) is 0 Å². The summed E-state index contributed by atoms with van der Waals surface area (Å²) in [5.74, 6) is 3.31. The van der Waals surface area contributed by atoms with Gasteiger partial charge in [0.05, 0.1) is 0 Å². The fraction of sp³-hybridized carbons (Fsp3) is 0.955. The quantitative estimate of drug-likeness (QED) is 0.713. The number of rotatable bonds is 1. The van der Waals surface area contributed by atoms with Gasteiger partial charge in [0.1, 0.15) is 5.60 Å². The van der Waals surface area contributed by atoms with Crippen molar-refractivity contribution in [3.8, 4) is 0 Å². The molecule has 3 saturated carbocycles. The van der Waals surface area contributed by atoms with E-state index in [1.165, 1.54) is 25.7 Å². The molecule has 0 spiro atoms. The molecule has 7 atom stereocenters. The fourth-order valence-corrected chi connectivity index (χ4v) is 7.23. The van der Waals surface area contributed by atoms with Crippen LogP contribution in [0.25, 0.3) is 0 Å². The summed E-state index contributed by atoms with van der Waals surface area (Å²) in [6.45, 7) is 13.6. The zero-order valence-corrected chi connectivity index (χ0v) is 16.7. The third-order valence-corrected chi connectivity index (χ3v) is 9.17. The van der Waals surface area contributed by atoms with Crippen LogP contribution >= 0.6 is 0 Å². The lowest BCUT2D eigenvalue weighted by Gasteiger charge is -2.60. The summed E-state index contributed by atoms with van der Waals surface area (Å²) in [6.07, 6.45) is 7.69. The smallest absolute Gasteiger partial charge is 0.161 e. The molecule has 3 fully saturated rings. The fourth-order valence-electron chi connectivity index (χ4n) is 7.23. The molecule has 1 unspecified atom stereocenters. The van der Waals surface area contributed by atoms with Crippen molar-refractivity contribution >= 4 is 5.78 Å². The van der Waals surface area contributed by atoms with E-state index in [4.69, 9.17) is 0 Å². The topological polar surface area (TPSA) is 37.3 Å². The summed E-state index contributed by atoms with van der Waals surface area (Å²) in [5, 5.41) is 11.4. The summed E-state index contributed by atoms with van der Waals surface area (Å²) < 4.78 is 0. The van der Waals surface area contributed by atoms with Crippen molar-refractivity contribution in [2.24, 2.45) is 40.4 Å². The first-order valence-corrected chi connectivity index (χ1v) is 10.3. The van der Waals surface area contributed by atoms with Gasteiger partial charge in [-0.05, 0) is 80.5 Å². The van der Waals surface area contributed by atoms with Crippen LogP contribution in [0.2, 0.25) is 0 Å². The van der Waals surface area contributed by atoms with Crippen LogP contribution in [-0.4, -0.2) is 16.5 Å². The highest BCUT2D eigenvalue weighted by Crippen LogP contribution is 2.62. The summed E-state index contributed by atoms with van der Waals surface area (Å²) >= 11 is 0. The van der Waals surface area contributed by atoms with Gasteiger partial charge in [-0.1, -0.05) is 41.0 Å². The second-order valence-electron chi connectivity index (χ2n) is 10.4. The van der Waals surface area contributed by atoms with Crippen molar-refractivity contribution in [2.75, 3.05) is 0 Å². The normalized spacial score (nSPS) is 51.2. The van der Waals surface area contributed by atoms with E-state index in [0.717, 1.165) is 30.6 Å². The number of hydrogen-bond acceptors (Lipinski definition) is 2. The number of ketones is 1. The summed E-state index contributed by atoms with van der Waals surface area (Å²) in [4.78, 5) is 12.5. The third-order valence-electron chi connectivity index (χ3n) is 9.17. The van der Waals surface area contributed by atoms with Crippen LogP contribution in [0.15, 0.2) is 0 Å². The predicted molar refractivity (Wildman–Crippen MR) is 98.6 cm³/mol. The molecule has 24 heavy (non-hydrogen) atoms. The van der Waals surface area contributed by atoms with E-state index >= 15 is 0 Å². The zero-order valence-electron chi connectivity index (χ0n) is 16.7. The molecule has 0 radical (unpaired) electrons. The van der Waals surface area contributed by atoms with Gasteiger partial charge in [0.15, 0.2) is 5.78 Å². The summed E-state index contributed by atoms with van der Waals surface area (Å²) in [7, 11) is 0. The number of carbonyl (C=O) groups is 1. The highest BCUT2D eigenvalue weighted by molar-refractivity contribution is 5.86. The molecule has 1 N–H and O–H groups in total. The van der Waals surface area contributed by atoms with E-state index in [1.807, 2.05) is 0 Å². The van der Waals surface area contributed by atoms with Crippen molar-refractivity contribution in [1.29, 1.82) is 0 Å². The Morgan fingerprint density at radius 2 is 1.54 bits per heavy atom. The average Bonchev–Trinajstić information content (AvgIpc) is 2.48. The Morgan fingerprint density at radius 3 is 2.17 bits per heavy atom. The molecule has 2 bridgehead atoms. The van der Waals surface area contributed by atoms with Gasteiger partial charge in [-0.3, -0.25) is 4.79 Å². The van der Waals surface area contributed by atoms with Gasteiger partial charge < -0.3 is 5.11 Å². The zero-order chi connectivity index (χ0) is 17.9. The van der Waals surface area contributed by atoms with Crippen LogP contribution in [0.5, 0.6) is 0 Å². The van der Waals surface area contributed by atoms with E-state index < -0.39 is 5.60 Å². The Morgan fingerprint density at radius 1 is 0.917 bits per heavy atom. The molecule has 0 aliphatic heterocycles. The van der Waals surface area contributed by atoms with Crippen LogP contribution in [0.4, 0.5) is 0 Å². The standard InChI is InChI=1S/C22H38O2/c1-14-7-8-17-13-19-15(2)9-12-22(24,16(3)23)21(19,6)11-10-18(14)20(17,4)5/h14-15,17-19,24H,7-13H2,1-6H3/t14-,15-,17+,18+,19-,21+,22?/m1/s1. The van der Waals surface area contributed by atoms with Crippen LogP contribution in [0.3, 0.4) is 0 Å². The van der Waals surface area contributed by atoms with E-state index in [9.17, 15) is 9.90 Å². The summed E-state index contributed by atoms with van der Waals surface area (Å²) in [5.41, 5.74) is -0.964. The molecule has 0 aromatic carbocycles. The molecule has 2 nitrogen and oxygen atoms in total. The monoisotopic (exact) mass is 334 g/mol. The Balaban J connectivity index is 2.03. The van der Waals surface area contributed by atoms with Gasteiger partial charge >= 0.3 is 0 Å². The Hall–Kier alpha value is -0.370. The second-order valence-corrected chi connectivity index (χ2v) is 10.4. The molecular weight excluding hydrogens is 296 g/mol. The van der Waals surface area contributed by atoms with Crippen molar-refractivity contribution in [3.05, 3.63) is 0 Å². The van der Waals surface area contributed by atoms with Crippen molar-refractivity contribution in [3.63, 3.8) is 0 Å². The van der Waals surface area contributed by atoms with Crippen molar-refractivity contribution in [2.45, 2.75) is 92.1 Å². The van der Waals surface area contributed by atoms with Gasteiger partial charge in [-0.25, -0.2) is 0 Å². The van der Waals surface area contributed by atoms with E-state index in [0.29, 0.717) is 23.7 Å². The van der Waals surface area contributed by atoms with Gasteiger partial charge in [-0.2, -0.15) is 0 Å². The Bertz CT molecular complexity index is 510. The maximum atomic E-state index is 12.5. The predicted octanol–water partition coefficient (Wildman–Crippen LogP) is 5.23. The SMILES string of the molecule is CC(=O)C1(O)CC[C@@H](C)[C@H]2C[C@@H]3CC[C@@H](C)[C@H](CC[C@@]21C)C3(C)C. The van der Waals surface area contributed by atoms with Crippen molar-refractivity contribution in [1.82, 2.24) is 0 Å². The highest BCUT2D eigenvalue weighted by Gasteiger charge is 2.60. The molecule has 2 heteroatoms. The number of carbonyl (C=O) groups excluding carboxylic acids is 1. The molecule has 138 valence electrons. The van der Waals surface area contributed by atoms with Crippen LogP contribution in [-0.2, 0) is 4.79 Å². The maximum absolute atomic E-state index is 12.5. The van der Waals surface area contributed by atoms with Crippen LogP contribution in [0, 0.1) is 40.4 Å². The van der Waals surface area contributed by atoms with Crippen LogP contribution < -0.4 is 0 Å². The van der Waals surface area contributed by atoms with Gasteiger partial charge in [0.2, 0.25) is 0 Å². The first-order valence-electron chi connectivity index (χ1n) is 10.3. The van der Waals surface area contributed by atoms with Crippen molar-refractivity contribution < 1.29 is 9.90 Å². The lowest BCUT2D eigenvalue weighted by molar-refractivity contribution is -0.188. The minimum Gasteiger partial charge on any atom is -0.382 e. The molecule has 0 aromatic rings. The number of aliphatic hydroxyl groups is 1. The van der Waals surface area contributed by atoms with Gasteiger partial charge in [0.25, 0.3) is 0 Å². The first kappa shape index (κ1) is 18.4. The number of fused-ring (bicyclic) bond motifs is 3. The summed E-state index contributed by atoms with van der Waals surface area (Å²) in [6, 6.07) is 0. The first-order chi connectivity index (χ1) is 11.0. The molecule has 3 rings (SSSR count). The lowest BCUT2D eigenvalue weighted by Crippen LogP contribution is -2.61. The molecule has 0 aromatic heterocycles. The van der Waals surface area contributed by atoms with Gasteiger partial charge in [0, 0.05) is 5.41 Å². The Kier molecular flexibility index (Phi) is 4.47. The van der Waals surface area contributed by atoms with E-state index in [2.05, 4.69) is 34.6 Å². The molecule has 0 amide bonds. The molecule has 0 heterocycles. The maximum Gasteiger partial charge on any atom is 0.161 e. The lowest BCUT2D eigenvalue weighted by atomic mass is 9.45. The minimum atomic E-state index is -1.11. The molecule has 0 saturated heterocycles. The largest absolute Gasteiger partial charge is 0.382 e. The third kappa shape index (κ3) is 2.42. The van der Waals surface area contributed by atoms with E-state index in [-0.39, 0.29) is 11.2 Å². The molecule has 3 aliphatic rings. The highest BCUT2D eigenvalue weighted by atomic mass is 16.3. The van der Waals surface area contributed by atoms with Crippen LogP contribution in [0.1, 0.15) is 86.5 Å². The molecule has 3 aliphatic carbocycles. The second kappa shape index (κ2) is 5.83.